The van der Waals surface area contributed by atoms with Crippen molar-refractivity contribution in [2.45, 2.75) is 23.3 Å². The first-order chi connectivity index (χ1) is 9.97. The Morgan fingerprint density at radius 1 is 1.38 bits per heavy atom. The summed E-state index contributed by atoms with van der Waals surface area (Å²) in [5.41, 5.74) is 1.54. The third-order valence-electron chi connectivity index (χ3n) is 2.90. The molecule has 2 aromatic rings. The molecule has 114 valence electrons. The number of nitrogens with one attached hydrogen (secondary N) is 3. The molecule has 2 rings (SSSR count). The molecule has 0 aliphatic heterocycles. The van der Waals surface area contributed by atoms with E-state index in [2.05, 4.69) is 20.2 Å². The van der Waals surface area contributed by atoms with Crippen LogP contribution in [0.3, 0.4) is 0 Å². The molecule has 0 aliphatic carbocycles. The standard InChI is InChI=1S/C13H18N4O2S2/c1-9-13(12(8-14-2)16-15-9)21(18,19)17-10-5-4-6-11(7-10)20-3/h4-7,14,17H,8H2,1-3H3,(H,15,16). The molecule has 0 spiro atoms. The lowest BCUT2D eigenvalue weighted by atomic mass is 10.3. The molecule has 1 heterocycles. The zero-order chi connectivity index (χ0) is 15.5. The Balaban J connectivity index is 2.36. The molecule has 6 nitrogen and oxygen atoms in total. The Morgan fingerprint density at radius 2 is 2.14 bits per heavy atom. The smallest absolute Gasteiger partial charge is 0.265 e. The Morgan fingerprint density at radius 3 is 2.81 bits per heavy atom. The molecule has 0 amide bonds. The number of sulfonamides is 1. The molecular weight excluding hydrogens is 308 g/mol. The summed E-state index contributed by atoms with van der Waals surface area (Å²) < 4.78 is 27.8. The van der Waals surface area contributed by atoms with Gasteiger partial charge in [0.2, 0.25) is 0 Å². The molecule has 0 saturated heterocycles. The number of rotatable bonds is 6. The van der Waals surface area contributed by atoms with Gasteiger partial charge in [0, 0.05) is 17.1 Å². The Hall–Kier alpha value is -1.51. The SMILES string of the molecule is CNCc1n[nH]c(C)c1S(=O)(=O)Nc1cccc(SC)c1. The van der Waals surface area contributed by atoms with E-state index in [1.54, 1.807) is 37.9 Å². The maximum atomic E-state index is 12.6. The lowest BCUT2D eigenvalue weighted by Crippen LogP contribution is -2.17. The highest BCUT2D eigenvalue weighted by Gasteiger charge is 2.24. The normalized spacial score (nSPS) is 11.6. The highest BCUT2D eigenvalue weighted by molar-refractivity contribution is 7.98. The van der Waals surface area contributed by atoms with Crippen LogP contribution in [0.1, 0.15) is 11.4 Å². The van der Waals surface area contributed by atoms with Crippen LogP contribution < -0.4 is 10.0 Å². The number of aromatic amines is 1. The first-order valence-electron chi connectivity index (χ1n) is 6.33. The Labute approximate surface area is 128 Å². The van der Waals surface area contributed by atoms with Crippen LogP contribution in [0.15, 0.2) is 34.1 Å². The average molecular weight is 326 g/mol. The molecule has 0 bridgehead atoms. The molecule has 0 radical (unpaired) electrons. The van der Waals surface area contributed by atoms with E-state index in [1.807, 2.05) is 18.4 Å². The van der Waals surface area contributed by atoms with Gasteiger partial charge in [-0.25, -0.2) is 8.42 Å². The van der Waals surface area contributed by atoms with E-state index in [4.69, 9.17) is 0 Å². The van der Waals surface area contributed by atoms with E-state index in [9.17, 15) is 8.42 Å². The predicted molar refractivity (Wildman–Crippen MR) is 85.1 cm³/mol. The van der Waals surface area contributed by atoms with E-state index in [0.717, 1.165) is 4.90 Å². The fourth-order valence-electron chi connectivity index (χ4n) is 2.01. The summed E-state index contributed by atoms with van der Waals surface area (Å²) in [5, 5.41) is 9.67. The second-order valence-electron chi connectivity index (χ2n) is 4.49. The van der Waals surface area contributed by atoms with Crippen molar-refractivity contribution in [1.82, 2.24) is 15.5 Å². The van der Waals surface area contributed by atoms with Gasteiger partial charge >= 0.3 is 0 Å². The first kappa shape index (κ1) is 15.9. The minimum absolute atomic E-state index is 0.200. The molecule has 0 unspecified atom stereocenters. The van der Waals surface area contributed by atoms with Gasteiger partial charge in [-0.3, -0.25) is 9.82 Å². The number of aromatic nitrogens is 2. The van der Waals surface area contributed by atoms with Crippen molar-refractivity contribution in [2.24, 2.45) is 0 Å². The summed E-state index contributed by atoms with van der Waals surface area (Å²) >= 11 is 1.56. The number of benzene rings is 1. The number of anilines is 1. The van der Waals surface area contributed by atoms with Gasteiger partial charge in [-0.15, -0.1) is 11.8 Å². The van der Waals surface area contributed by atoms with Crippen LogP contribution in [-0.4, -0.2) is 31.9 Å². The maximum absolute atomic E-state index is 12.6. The van der Waals surface area contributed by atoms with E-state index in [-0.39, 0.29) is 4.90 Å². The summed E-state index contributed by atoms with van der Waals surface area (Å²) in [6.07, 6.45) is 1.94. The lowest BCUT2D eigenvalue weighted by molar-refractivity contribution is 0.598. The molecule has 21 heavy (non-hydrogen) atoms. The van der Waals surface area contributed by atoms with Gasteiger partial charge in [0.25, 0.3) is 10.0 Å². The van der Waals surface area contributed by atoms with Gasteiger partial charge in [0.15, 0.2) is 0 Å². The van der Waals surface area contributed by atoms with Crippen LogP contribution in [0.4, 0.5) is 5.69 Å². The second kappa shape index (κ2) is 6.50. The van der Waals surface area contributed by atoms with Crippen LogP contribution >= 0.6 is 11.8 Å². The monoisotopic (exact) mass is 326 g/mol. The summed E-state index contributed by atoms with van der Waals surface area (Å²) in [4.78, 5) is 1.20. The number of nitrogens with zero attached hydrogens (tertiary/aromatic N) is 1. The van der Waals surface area contributed by atoms with Crippen molar-refractivity contribution in [3.05, 3.63) is 35.7 Å². The largest absolute Gasteiger partial charge is 0.314 e. The Kier molecular flexibility index (Phi) is 4.92. The van der Waals surface area contributed by atoms with Crippen LogP contribution in [0.2, 0.25) is 0 Å². The van der Waals surface area contributed by atoms with Gasteiger partial charge in [0.05, 0.1) is 11.4 Å². The van der Waals surface area contributed by atoms with E-state index >= 15 is 0 Å². The van der Waals surface area contributed by atoms with E-state index in [1.165, 1.54) is 0 Å². The second-order valence-corrected chi connectivity index (χ2v) is 6.99. The molecule has 0 aliphatic rings. The molecular formula is C13H18N4O2S2. The minimum Gasteiger partial charge on any atom is -0.314 e. The number of hydrogen-bond acceptors (Lipinski definition) is 5. The topological polar surface area (TPSA) is 86.9 Å². The lowest BCUT2D eigenvalue weighted by Gasteiger charge is -2.10. The predicted octanol–water partition coefficient (Wildman–Crippen LogP) is 1.96. The summed E-state index contributed by atoms with van der Waals surface area (Å²) in [7, 11) is -1.93. The van der Waals surface area contributed by atoms with Crippen LogP contribution in [0, 0.1) is 6.92 Å². The van der Waals surface area contributed by atoms with Crippen molar-refractivity contribution >= 4 is 27.5 Å². The van der Waals surface area contributed by atoms with E-state index < -0.39 is 10.0 Å². The van der Waals surface area contributed by atoms with Crippen LogP contribution in [0.5, 0.6) is 0 Å². The third-order valence-corrected chi connectivity index (χ3v) is 5.21. The van der Waals surface area contributed by atoms with E-state index in [0.29, 0.717) is 23.6 Å². The summed E-state index contributed by atoms with van der Waals surface area (Å²) in [5.74, 6) is 0. The Bertz CT molecular complexity index is 726. The average Bonchev–Trinajstić information content (AvgIpc) is 2.81. The van der Waals surface area contributed by atoms with Gasteiger partial charge in [-0.1, -0.05) is 6.07 Å². The number of aryl methyl sites for hydroxylation is 1. The quantitative estimate of drug-likeness (QED) is 0.707. The summed E-state index contributed by atoms with van der Waals surface area (Å²) in [6, 6.07) is 7.28. The van der Waals surface area contributed by atoms with Gasteiger partial charge < -0.3 is 5.32 Å². The molecule has 3 N–H and O–H groups in total. The fraction of sp³-hybridized carbons (Fsp3) is 0.308. The highest BCUT2D eigenvalue weighted by atomic mass is 32.2. The summed E-state index contributed by atoms with van der Waals surface area (Å²) in [6.45, 7) is 2.07. The van der Waals surface area contributed by atoms with Crippen molar-refractivity contribution in [3.8, 4) is 0 Å². The highest BCUT2D eigenvalue weighted by Crippen LogP contribution is 2.24. The van der Waals surface area contributed by atoms with Gasteiger partial charge in [-0.2, -0.15) is 5.10 Å². The zero-order valence-corrected chi connectivity index (χ0v) is 13.7. The molecule has 0 saturated carbocycles. The molecule has 0 fully saturated rings. The van der Waals surface area contributed by atoms with Crippen molar-refractivity contribution < 1.29 is 8.42 Å². The fourth-order valence-corrected chi connectivity index (χ4v) is 3.88. The van der Waals surface area contributed by atoms with Crippen LogP contribution in [-0.2, 0) is 16.6 Å². The van der Waals surface area contributed by atoms with Gasteiger partial charge in [-0.05, 0) is 38.4 Å². The van der Waals surface area contributed by atoms with Crippen LogP contribution in [0.25, 0.3) is 0 Å². The molecule has 1 aromatic carbocycles. The number of H-pyrrole nitrogens is 1. The third kappa shape index (κ3) is 3.58. The molecule has 1 aromatic heterocycles. The van der Waals surface area contributed by atoms with Crippen molar-refractivity contribution in [1.29, 1.82) is 0 Å². The number of hydrogen-bond donors (Lipinski definition) is 3. The maximum Gasteiger partial charge on any atom is 0.265 e. The number of thioether (sulfide) groups is 1. The van der Waals surface area contributed by atoms with Crippen molar-refractivity contribution in [3.63, 3.8) is 0 Å². The van der Waals surface area contributed by atoms with Crippen molar-refractivity contribution in [2.75, 3.05) is 18.0 Å². The molecule has 8 heteroatoms. The first-order valence-corrected chi connectivity index (χ1v) is 9.04. The molecule has 0 atom stereocenters. The minimum atomic E-state index is -3.67. The zero-order valence-electron chi connectivity index (χ0n) is 12.1. The van der Waals surface area contributed by atoms with Gasteiger partial charge in [0.1, 0.15) is 4.90 Å².